The molecule has 20 heavy (non-hydrogen) atoms. The number of halogens is 1. The largest absolute Gasteiger partial charge is 0.387 e. The fraction of sp³-hybridized carbons (Fsp3) is 0.455. The highest BCUT2D eigenvalue weighted by atomic mass is 35.5. The van der Waals surface area contributed by atoms with E-state index < -0.39 is 0 Å². The first-order valence-corrected chi connectivity index (χ1v) is 6.35. The topological polar surface area (TPSA) is 106 Å². The SMILES string of the molecule is Cc1nn(CC(=O)NCCc2noc(CO)n2)cc1Cl. The zero-order valence-corrected chi connectivity index (χ0v) is 11.6. The fourth-order valence-electron chi connectivity index (χ4n) is 1.55. The van der Waals surface area contributed by atoms with Crippen LogP contribution < -0.4 is 5.32 Å². The van der Waals surface area contributed by atoms with Crippen LogP contribution in [0.1, 0.15) is 17.4 Å². The standard InChI is InChI=1S/C11H14ClN5O3/c1-7-8(12)4-17(15-7)5-10(19)13-3-2-9-14-11(6-18)20-16-9/h4,18H,2-3,5-6H2,1H3,(H,13,19). The number of rotatable bonds is 6. The first-order valence-electron chi connectivity index (χ1n) is 5.97. The van der Waals surface area contributed by atoms with Crippen LogP contribution in [-0.4, -0.2) is 37.5 Å². The van der Waals surface area contributed by atoms with E-state index in [-0.39, 0.29) is 24.9 Å². The molecule has 2 heterocycles. The second kappa shape index (κ2) is 6.49. The van der Waals surface area contributed by atoms with E-state index in [1.54, 1.807) is 13.1 Å². The average molecular weight is 300 g/mol. The predicted molar refractivity (Wildman–Crippen MR) is 68.9 cm³/mol. The molecule has 2 rings (SSSR count). The lowest BCUT2D eigenvalue weighted by molar-refractivity contribution is -0.121. The number of aliphatic hydroxyl groups is 1. The van der Waals surface area contributed by atoms with E-state index >= 15 is 0 Å². The highest BCUT2D eigenvalue weighted by Crippen LogP contribution is 2.11. The molecule has 0 saturated heterocycles. The highest BCUT2D eigenvalue weighted by Gasteiger charge is 2.08. The Kier molecular flexibility index (Phi) is 4.70. The third-order valence-corrected chi connectivity index (χ3v) is 2.88. The van der Waals surface area contributed by atoms with Crippen molar-refractivity contribution in [2.45, 2.75) is 26.5 Å². The second-order valence-electron chi connectivity index (χ2n) is 4.12. The molecule has 0 fully saturated rings. The minimum absolute atomic E-state index is 0.0989. The van der Waals surface area contributed by atoms with Crippen LogP contribution in [0, 0.1) is 6.92 Å². The summed E-state index contributed by atoms with van der Waals surface area (Å²) in [6.45, 7) is 1.95. The van der Waals surface area contributed by atoms with E-state index in [0.29, 0.717) is 29.5 Å². The fourth-order valence-corrected chi connectivity index (χ4v) is 1.70. The quantitative estimate of drug-likeness (QED) is 0.782. The molecule has 9 heteroatoms. The zero-order valence-electron chi connectivity index (χ0n) is 10.8. The van der Waals surface area contributed by atoms with Crippen LogP contribution in [0.25, 0.3) is 0 Å². The van der Waals surface area contributed by atoms with E-state index in [9.17, 15) is 4.79 Å². The van der Waals surface area contributed by atoms with Gasteiger partial charge >= 0.3 is 0 Å². The molecule has 2 aromatic rings. The van der Waals surface area contributed by atoms with Gasteiger partial charge in [-0.05, 0) is 6.92 Å². The van der Waals surface area contributed by atoms with Crippen molar-refractivity contribution in [3.05, 3.63) is 28.6 Å². The molecule has 0 atom stereocenters. The maximum Gasteiger partial charge on any atom is 0.252 e. The van der Waals surface area contributed by atoms with Gasteiger partial charge in [0.1, 0.15) is 13.2 Å². The van der Waals surface area contributed by atoms with Crippen LogP contribution >= 0.6 is 11.6 Å². The molecule has 0 aromatic carbocycles. The van der Waals surface area contributed by atoms with Gasteiger partial charge in [0, 0.05) is 19.2 Å². The Labute approximate surface area is 119 Å². The van der Waals surface area contributed by atoms with Gasteiger partial charge in [0.25, 0.3) is 5.89 Å². The first kappa shape index (κ1) is 14.5. The van der Waals surface area contributed by atoms with Gasteiger partial charge in [-0.25, -0.2) is 0 Å². The number of nitrogens with one attached hydrogen (secondary N) is 1. The number of amides is 1. The Morgan fingerprint density at radius 1 is 1.60 bits per heavy atom. The number of hydrogen-bond donors (Lipinski definition) is 2. The molecule has 0 spiro atoms. The van der Waals surface area contributed by atoms with Gasteiger partial charge in [-0.1, -0.05) is 16.8 Å². The summed E-state index contributed by atoms with van der Waals surface area (Å²) in [5.74, 6) is 0.412. The van der Waals surface area contributed by atoms with Gasteiger partial charge < -0.3 is 14.9 Å². The summed E-state index contributed by atoms with van der Waals surface area (Å²) in [7, 11) is 0. The van der Waals surface area contributed by atoms with Gasteiger partial charge in [-0.15, -0.1) is 0 Å². The lowest BCUT2D eigenvalue weighted by Crippen LogP contribution is -2.29. The normalized spacial score (nSPS) is 10.8. The van der Waals surface area contributed by atoms with Crippen LogP contribution in [0.5, 0.6) is 0 Å². The van der Waals surface area contributed by atoms with Crippen LogP contribution in [0.4, 0.5) is 0 Å². The maximum atomic E-state index is 11.7. The number of hydrogen-bond acceptors (Lipinski definition) is 6. The maximum absolute atomic E-state index is 11.7. The molecule has 0 bridgehead atoms. The van der Waals surface area contributed by atoms with Crippen LogP contribution in [-0.2, 0) is 24.4 Å². The summed E-state index contributed by atoms with van der Waals surface area (Å²) >= 11 is 5.85. The highest BCUT2D eigenvalue weighted by molar-refractivity contribution is 6.31. The Hall–Kier alpha value is -1.93. The summed E-state index contributed by atoms with van der Waals surface area (Å²) in [5.41, 5.74) is 0.683. The summed E-state index contributed by atoms with van der Waals surface area (Å²) in [4.78, 5) is 15.6. The van der Waals surface area contributed by atoms with Gasteiger partial charge in [0.2, 0.25) is 5.91 Å². The lowest BCUT2D eigenvalue weighted by Gasteiger charge is -2.03. The average Bonchev–Trinajstić information content (AvgIpc) is 2.97. The van der Waals surface area contributed by atoms with Gasteiger partial charge in [0.15, 0.2) is 5.82 Å². The van der Waals surface area contributed by atoms with Crippen molar-refractivity contribution in [2.75, 3.05) is 6.54 Å². The molecule has 0 unspecified atom stereocenters. The molecule has 0 aliphatic rings. The summed E-state index contributed by atoms with van der Waals surface area (Å²) in [6, 6.07) is 0. The minimum atomic E-state index is -0.293. The number of aryl methyl sites for hydroxylation is 1. The Morgan fingerprint density at radius 3 is 3.00 bits per heavy atom. The molecule has 0 radical (unpaired) electrons. The molecule has 108 valence electrons. The molecule has 0 aliphatic carbocycles. The van der Waals surface area contributed by atoms with Crippen molar-refractivity contribution >= 4 is 17.5 Å². The minimum Gasteiger partial charge on any atom is -0.387 e. The first-order chi connectivity index (χ1) is 9.58. The molecular formula is C11H14ClN5O3. The van der Waals surface area contributed by atoms with Crippen molar-refractivity contribution in [1.29, 1.82) is 0 Å². The second-order valence-corrected chi connectivity index (χ2v) is 4.53. The van der Waals surface area contributed by atoms with E-state index in [1.807, 2.05) is 0 Å². The number of carbonyl (C=O) groups excluding carboxylic acids is 1. The molecule has 0 saturated carbocycles. The summed E-state index contributed by atoms with van der Waals surface area (Å²) in [6.07, 6.45) is 2.03. The monoisotopic (exact) mass is 299 g/mol. The Morgan fingerprint density at radius 2 is 2.40 bits per heavy atom. The van der Waals surface area contributed by atoms with Crippen molar-refractivity contribution in [1.82, 2.24) is 25.2 Å². The van der Waals surface area contributed by atoms with Gasteiger partial charge in [-0.2, -0.15) is 10.1 Å². The van der Waals surface area contributed by atoms with Crippen molar-refractivity contribution in [3.8, 4) is 0 Å². The molecular weight excluding hydrogens is 286 g/mol. The van der Waals surface area contributed by atoms with Crippen LogP contribution in [0.3, 0.4) is 0 Å². The number of aliphatic hydroxyl groups excluding tert-OH is 1. The molecule has 2 aromatic heterocycles. The Balaban J connectivity index is 1.75. The molecule has 1 amide bonds. The zero-order chi connectivity index (χ0) is 14.5. The number of aromatic nitrogens is 4. The Bertz CT molecular complexity index is 575. The predicted octanol–water partition coefficient (Wildman–Crippen LogP) is 0.0791. The van der Waals surface area contributed by atoms with Crippen LogP contribution in [0.15, 0.2) is 10.7 Å². The van der Waals surface area contributed by atoms with Crippen molar-refractivity contribution in [2.24, 2.45) is 0 Å². The van der Waals surface area contributed by atoms with E-state index in [0.717, 1.165) is 0 Å². The molecule has 0 aliphatic heterocycles. The van der Waals surface area contributed by atoms with E-state index in [4.69, 9.17) is 21.2 Å². The van der Waals surface area contributed by atoms with E-state index in [1.165, 1.54) is 4.68 Å². The van der Waals surface area contributed by atoms with Crippen LogP contribution in [0.2, 0.25) is 5.02 Å². The summed E-state index contributed by atoms with van der Waals surface area (Å²) < 4.78 is 6.21. The molecule has 2 N–H and O–H groups in total. The smallest absolute Gasteiger partial charge is 0.252 e. The van der Waals surface area contributed by atoms with Crippen molar-refractivity contribution < 1.29 is 14.4 Å². The lowest BCUT2D eigenvalue weighted by atomic mass is 10.4. The number of nitrogens with zero attached hydrogens (tertiary/aromatic N) is 4. The van der Waals surface area contributed by atoms with E-state index in [2.05, 4.69) is 20.6 Å². The third kappa shape index (κ3) is 3.78. The van der Waals surface area contributed by atoms with Crippen molar-refractivity contribution in [3.63, 3.8) is 0 Å². The number of carbonyl (C=O) groups is 1. The van der Waals surface area contributed by atoms with Gasteiger partial charge in [0.05, 0.1) is 10.7 Å². The van der Waals surface area contributed by atoms with Gasteiger partial charge in [-0.3, -0.25) is 9.48 Å². The molecule has 8 nitrogen and oxygen atoms in total. The third-order valence-electron chi connectivity index (χ3n) is 2.51. The summed E-state index contributed by atoms with van der Waals surface area (Å²) in [5, 5.41) is 19.7.